The highest BCUT2D eigenvalue weighted by Crippen LogP contribution is 2.34. The van der Waals surface area contributed by atoms with E-state index < -0.39 is 0 Å². The molecule has 0 aliphatic heterocycles. The number of halogens is 3. The van der Waals surface area contributed by atoms with Crippen molar-refractivity contribution in [2.45, 2.75) is 13.5 Å². The van der Waals surface area contributed by atoms with E-state index in [0.29, 0.717) is 21.7 Å². The van der Waals surface area contributed by atoms with Gasteiger partial charge >= 0.3 is 0 Å². The van der Waals surface area contributed by atoms with E-state index in [0.717, 1.165) is 22.4 Å². The molecule has 0 aliphatic rings. The Bertz CT molecular complexity index is 1120. The van der Waals surface area contributed by atoms with E-state index in [9.17, 15) is 0 Å². The molecule has 4 rings (SSSR count). The van der Waals surface area contributed by atoms with Crippen LogP contribution in [-0.2, 0) is 6.54 Å². The van der Waals surface area contributed by atoms with Gasteiger partial charge in [0.05, 0.1) is 26.6 Å². The summed E-state index contributed by atoms with van der Waals surface area (Å²) in [6, 6.07) is 15.6. The van der Waals surface area contributed by atoms with Crippen molar-refractivity contribution in [3.05, 3.63) is 81.1 Å². The SMILES string of the molecule is Cc1ccccc1Cn1c(-c2cccnc2Cl)nc2cc(Cl)c(Cl)cc21. The second-order valence-corrected chi connectivity index (χ2v) is 7.22. The summed E-state index contributed by atoms with van der Waals surface area (Å²) in [7, 11) is 0. The number of nitrogens with zero attached hydrogens (tertiary/aromatic N) is 3. The summed E-state index contributed by atoms with van der Waals surface area (Å²) in [5.74, 6) is 0.736. The van der Waals surface area contributed by atoms with Crippen molar-refractivity contribution in [3.8, 4) is 11.4 Å². The summed E-state index contributed by atoms with van der Waals surface area (Å²) < 4.78 is 2.10. The highest BCUT2D eigenvalue weighted by atomic mass is 35.5. The van der Waals surface area contributed by atoms with Gasteiger partial charge in [-0.2, -0.15) is 0 Å². The van der Waals surface area contributed by atoms with Crippen LogP contribution in [0.5, 0.6) is 0 Å². The van der Waals surface area contributed by atoms with Crippen LogP contribution in [0.1, 0.15) is 11.1 Å². The monoisotopic (exact) mass is 401 g/mol. The topological polar surface area (TPSA) is 30.7 Å². The summed E-state index contributed by atoms with van der Waals surface area (Å²) in [4.78, 5) is 8.95. The van der Waals surface area contributed by atoms with E-state index >= 15 is 0 Å². The number of imidazole rings is 1. The maximum atomic E-state index is 6.34. The Morgan fingerprint density at radius 3 is 2.50 bits per heavy atom. The van der Waals surface area contributed by atoms with Crippen LogP contribution in [0, 0.1) is 6.92 Å². The first kappa shape index (κ1) is 17.3. The van der Waals surface area contributed by atoms with Gasteiger partial charge in [0.2, 0.25) is 0 Å². The van der Waals surface area contributed by atoms with Gasteiger partial charge in [0.15, 0.2) is 0 Å². The molecule has 0 fully saturated rings. The Hall–Kier alpha value is -2.07. The third-order valence-electron chi connectivity index (χ3n) is 4.38. The molecule has 0 saturated heterocycles. The van der Waals surface area contributed by atoms with Crippen molar-refractivity contribution < 1.29 is 0 Å². The molecular formula is C20H14Cl3N3. The van der Waals surface area contributed by atoms with Gasteiger partial charge in [-0.3, -0.25) is 0 Å². The van der Waals surface area contributed by atoms with Gasteiger partial charge in [0.25, 0.3) is 0 Å². The Balaban J connectivity index is 1.99. The average Bonchev–Trinajstić information content (AvgIpc) is 2.95. The molecule has 130 valence electrons. The highest BCUT2D eigenvalue weighted by molar-refractivity contribution is 6.42. The number of pyridine rings is 1. The molecule has 0 unspecified atom stereocenters. The number of aromatic nitrogens is 3. The van der Waals surface area contributed by atoms with Crippen LogP contribution < -0.4 is 0 Å². The molecule has 0 atom stereocenters. The molecule has 0 aliphatic carbocycles. The van der Waals surface area contributed by atoms with Gasteiger partial charge < -0.3 is 4.57 Å². The third-order valence-corrected chi connectivity index (χ3v) is 5.40. The Morgan fingerprint density at radius 2 is 1.73 bits per heavy atom. The largest absolute Gasteiger partial charge is 0.319 e. The first-order chi connectivity index (χ1) is 12.5. The van der Waals surface area contributed by atoms with Gasteiger partial charge in [-0.1, -0.05) is 59.1 Å². The van der Waals surface area contributed by atoms with Gasteiger partial charge in [0.1, 0.15) is 11.0 Å². The van der Waals surface area contributed by atoms with E-state index in [1.165, 1.54) is 11.1 Å². The highest BCUT2D eigenvalue weighted by Gasteiger charge is 2.17. The molecule has 0 saturated carbocycles. The molecule has 3 nitrogen and oxygen atoms in total. The molecule has 26 heavy (non-hydrogen) atoms. The molecule has 0 bridgehead atoms. The summed E-state index contributed by atoms with van der Waals surface area (Å²) >= 11 is 18.8. The number of hydrogen-bond acceptors (Lipinski definition) is 2. The normalized spacial score (nSPS) is 11.2. The van der Waals surface area contributed by atoms with Gasteiger partial charge in [-0.25, -0.2) is 9.97 Å². The maximum absolute atomic E-state index is 6.34. The average molecular weight is 403 g/mol. The minimum absolute atomic E-state index is 0.408. The molecule has 0 N–H and O–H groups in total. The summed E-state index contributed by atoms with van der Waals surface area (Å²) in [5, 5.41) is 1.38. The lowest BCUT2D eigenvalue weighted by atomic mass is 10.1. The predicted octanol–water partition coefficient (Wildman–Crippen LogP) is 6.42. The fourth-order valence-corrected chi connectivity index (χ4v) is 3.52. The molecular weight excluding hydrogens is 389 g/mol. The second kappa shape index (κ2) is 6.92. The van der Waals surface area contributed by atoms with E-state index in [1.54, 1.807) is 12.3 Å². The number of aryl methyl sites for hydroxylation is 1. The van der Waals surface area contributed by atoms with Gasteiger partial charge in [0, 0.05) is 12.7 Å². The van der Waals surface area contributed by atoms with Crippen LogP contribution >= 0.6 is 34.8 Å². The predicted molar refractivity (Wildman–Crippen MR) is 108 cm³/mol. The minimum Gasteiger partial charge on any atom is -0.319 e. The minimum atomic E-state index is 0.408. The van der Waals surface area contributed by atoms with Crippen LogP contribution in [0.3, 0.4) is 0 Å². The molecule has 0 spiro atoms. The molecule has 4 aromatic rings. The summed E-state index contributed by atoms with van der Waals surface area (Å²) in [6.45, 7) is 2.73. The van der Waals surface area contributed by atoms with Crippen molar-refractivity contribution in [2.75, 3.05) is 0 Å². The van der Waals surface area contributed by atoms with Crippen LogP contribution in [0.15, 0.2) is 54.7 Å². The molecule has 6 heteroatoms. The van der Waals surface area contributed by atoms with Crippen molar-refractivity contribution in [1.82, 2.24) is 14.5 Å². The fourth-order valence-electron chi connectivity index (χ4n) is 3.00. The smallest absolute Gasteiger partial charge is 0.144 e. The molecule has 0 radical (unpaired) electrons. The van der Waals surface area contributed by atoms with Crippen molar-refractivity contribution >= 4 is 45.8 Å². The quantitative estimate of drug-likeness (QED) is 0.370. The molecule has 2 aromatic heterocycles. The van der Waals surface area contributed by atoms with Crippen LogP contribution in [-0.4, -0.2) is 14.5 Å². The van der Waals surface area contributed by atoms with Crippen LogP contribution in [0.2, 0.25) is 15.2 Å². The number of benzene rings is 2. The van der Waals surface area contributed by atoms with E-state index in [1.807, 2.05) is 30.3 Å². The summed E-state index contributed by atoms with van der Waals surface area (Å²) in [6.07, 6.45) is 1.66. The lowest BCUT2D eigenvalue weighted by Gasteiger charge is -2.12. The zero-order valence-electron chi connectivity index (χ0n) is 13.9. The zero-order valence-corrected chi connectivity index (χ0v) is 16.1. The lowest BCUT2D eigenvalue weighted by Crippen LogP contribution is -2.04. The molecule has 0 amide bonds. The van der Waals surface area contributed by atoms with Crippen LogP contribution in [0.4, 0.5) is 0 Å². The van der Waals surface area contributed by atoms with Crippen molar-refractivity contribution in [1.29, 1.82) is 0 Å². The van der Waals surface area contributed by atoms with E-state index in [2.05, 4.69) is 28.6 Å². The van der Waals surface area contributed by atoms with Gasteiger partial charge in [-0.15, -0.1) is 0 Å². The second-order valence-electron chi connectivity index (χ2n) is 6.04. The summed E-state index contributed by atoms with van der Waals surface area (Å²) in [5.41, 5.74) is 4.84. The van der Waals surface area contributed by atoms with E-state index in [4.69, 9.17) is 39.8 Å². The lowest BCUT2D eigenvalue weighted by molar-refractivity contribution is 0.827. The van der Waals surface area contributed by atoms with E-state index in [-0.39, 0.29) is 0 Å². The first-order valence-electron chi connectivity index (χ1n) is 8.05. The Morgan fingerprint density at radius 1 is 0.962 bits per heavy atom. The van der Waals surface area contributed by atoms with Crippen molar-refractivity contribution in [2.24, 2.45) is 0 Å². The third kappa shape index (κ3) is 3.07. The fraction of sp³-hybridized carbons (Fsp3) is 0.100. The standard InChI is InChI=1S/C20H14Cl3N3/c1-12-5-2-3-6-13(12)11-26-18-10-16(22)15(21)9-17(18)25-20(26)14-7-4-8-24-19(14)23/h2-10H,11H2,1H3. The van der Waals surface area contributed by atoms with Gasteiger partial charge in [-0.05, 0) is 42.3 Å². The number of rotatable bonds is 3. The molecule has 2 aromatic carbocycles. The zero-order chi connectivity index (χ0) is 18.3. The number of hydrogen-bond donors (Lipinski definition) is 0. The Kier molecular flexibility index (Phi) is 4.62. The van der Waals surface area contributed by atoms with Crippen molar-refractivity contribution in [3.63, 3.8) is 0 Å². The Labute approximate surface area is 166 Å². The van der Waals surface area contributed by atoms with Crippen LogP contribution in [0.25, 0.3) is 22.4 Å². The maximum Gasteiger partial charge on any atom is 0.144 e. The first-order valence-corrected chi connectivity index (χ1v) is 9.18. The number of fused-ring (bicyclic) bond motifs is 1. The molecule has 2 heterocycles.